The van der Waals surface area contributed by atoms with E-state index in [0.29, 0.717) is 5.56 Å². The van der Waals surface area contributed by atoms with Crippen LogP contribution in [0.3, 0.4) is 0 Å². The van der Waals surface area contributed by atoms with Gasteiger partial charge in [-0.25, -0.2) is 0 Å². The standard InChI is InChI=1S/C14H12O5S/c1-19-12-8-11(15)10(7-13(12)20(17)18)14(16)9-5-3-2-4-6-9/h2-8,12,15H,1H3. The van der Waals surface area contributed by atoms with E-state index in [0.717, 1.165) is 6.08 Å². The second kappa shape index (κ2) is 5.85. The first-order valence-corrected chi connectivity index (χ1v) is 6.83. The maximum absolute atomic E-state index is 12.2. The van der Waals surface area contributed by atoms with Crippen LogP contribution < -0.4 is 0 Å². The van der Waals surface area contributed by atoms with Crippen molar-refractivity contribution in [1.29, 1.82) is 0 Å². The van der Waals surface area contributed by atoms with E-state index in [1.54, 1.807) is 30.3 Å². The Kier molecular flexibility index (Phi) is 4.16. The summed E-state index contributed by atoms with van der Waals surface area (Å²) in [5.41, 5.74) is 0.300. The third-order valence-electron chi connectivity index (χ3n) is 2.88. The summed E-state index contributed by atoms with van der Waals surface area (Å²) in [5.74, 6) is -0.739. The number of carbonyl (C=O) groups excluding carboxylic acids is 1. The molecule has 5 nitrogen and oxygen atoms in total. The van der Waals surface area contributed by atoms with Gasteiger partial charge in [0.15, 0.2) is 5.78 Å². The maximum atomic E-state index is 12.2. The minimum absolute atomic E-state index is 0.0660. The van der Waals surface area contributed by atoms with Crippen molar-refractivity contribution in [2.75, 3.05) is 7.11 Å². The Labute approximate surface area is 117 Å². The second-order valence-electron chi connectivity index (χ2n) is 4.10. The number of rotatable bonds is 3. The number of carbonyl (C=O) groups is 1. The lowest BCUT2D eigenvalue weighted by Crippen LogP contribution is -2.26. The molecule has 0 spiro atoms. The van der Waals surface area contributed by atoms with Crippen LogP contribution in [-0.4, -0.2) is 37.4 Å². The van der Waals surface area contributed by atoms with Gasteiger partial charge in [0, 0.05) is 12.7 Å². The Morgan fingerprint density at radius 1 is 1.25 bits per heavy atom. The summed E-state index contributed by atoms with van der Waals surface area (Å²) in [6.07, 6.45) is 1.45. The molecular weight excluding hydrogens is 280 g/mol. The molecule has 0 fully saturated rings. The quantitative estimate of drug-likeness (QED) is 0.671. The monoisotopic (exact) mass is 292 g/mol. The van der Waals surface area contributed by atoms with E-state index in [-0.39, 0.29) is 16.2 Å². The second-order valence-corrected chi connectivity index (χ2v) is 5.04. The van der Waals surface area contributed by atoms with Crippen LogP contribution in [-0.2, 0) is 15.0 Å². The summed E-state index contributed by atoms with van der Waals surface area (Å²) in [6, 6.07) is 8.31. The summed E-state index contributed by atoms with van der Waals surface area (Å²) in [4.78, 5) is 12.2. The molecule has 0 amide bonds. The van der Waals surface area contributed by atoms with Crippen molar-refractivity contribution in [3.63, 3.8) is 0 Å². The molecule has 0 bridgehead atoms. The van der Waals surface area contributed by atoms with Crippen LogP contribution in [0.1, 0.15) is 10.4 Å². The zero-order valence-corrected chi connectivity index (χ0v) is 11.4. The van der Waals surface area contributed by atoms with Gasteiger partial charge in [-0.3, -0.25) is 4.79 Å². The largest absolute Gasteiger partial charge is 0.507 e. The molecular formula is C14H12O5S. The van der Waals surface area contributed by atoms with Gasteiger partial charge in [0.05, 0.1) is 5.57 Å². The molecule has 1 unspecified atom stereocenters. The Hall–Kier alpha value is -2.18. The number of Topliss-reactive ketones (excluding diaryl/α,β-unsaturated/α-hetero) is 1. The van der Waals surface area contributed by atoms with Gasteiger partial charge in [-0.15, -0.1) is 0 Å². The molecule has 20 heavy (non-hydrogen) atoms. The Morgan fingerprint density at radius 2 is 1.90 bits per heavy atom. The van der Waals surface area contributed by atoms with Crippen LogP contribution in [0.25, 0.3) is 0 Å². The molecule has 1 atom stereocenters. The van der Waals surface area contributed by atoms with Crippen LogP contribution in [0.4, 0.5) is 0 Å². The van der Waals surface area contributed by atoms with Crippen molar-refractivity contribution >= 4 is 20.9 Å². The first-order valence-electron chi connectivity index (χ1n) is 5.76. The minimum Gasteiger partial charge on any atom is -0.507 e. The molecule has 0 saturated heterocycles. The topological polar surface area (TPSA) is 80.7 Å². The van der Waals surface area contributed by atoms with Gasteiger partial charge in [-0.2, -0.15) is 8.42 Å². The highest BCUT2D eigenvalue weighted by atomic mass is 32.2. The van der Waals surface area contributed by atoms with Gasteiger partial charge in [0.2, 0.25) is 10.3 Å². The molecule has 1 aromatic rings. The van der Waals surface area contributed by atoms with E-state index in [2.05, 4.69) is 0 Å². The molecule has 0 aromatic heterocycles. The molecule has 1 aliphatic carbocycles. The average Bonchev–Trinajstić information content (AvgIpc) is 2.46. The number of methoxy groups -OCH3 is 1. The molecule has 1 N–H and O–H groups in total. The number of ketones is 1. The number of allylic oxidation sites excluding steroid dienone is 1. The SMILES string of the molecule is COC1C=C(O)C(C(=O)c2ccccc2)=CC1=S(=O)=O. The van der Waals surface area contributed by atoms with Crippen molar-refractivity contribution in [2.45, 2.75) is 6.10 Å². The molecule has 1 aromatic carbocycles. The van der Waals surface area contributed by atoms with Crippen LogP contribution in [0.2, 0.25) is 0 Å². The summed E-state index contributed by atoms with van der Waals surface area (Å²) in [7, 11) is -1.21. The highest BCUT2D eigenvalue weighted by molar-refractivity contribution is 7.73. The fourth-order valence-corrected chi connectivity index (χ4v) is 2.44. The zero-order valence-electron chi connectivity index (χ0n) is 10.6. The number of aliphatic hydroxyl groups excluding tert-OH is 1. The predicted molar refractivity (Wildman–Crippen MR) is 74.3 cm³/mol. The summed E-state index contributed by atoms with van der Waals surface area (Å²) in [5, 5.41) is 9.88. The first-order chi connectivity index (χ1) is 9.54. The maximum Gasteiger partial charge on any atom is 0.220 e. The van der Waals surface area contributed by atoms with E-state index in [1.807, 2.05) is 0 Å². The van der Waals surface area contributed by atoms with Crippen molar-refractivity contribution in [1.82, 2.24) is 0 Å². The summed E-state index contributed by atoms with van der Waals surface area (Å²) in [6.45, 7) is 0. The van der Waals surface area contributed by atoms with Crippen molar-refractivity contribution in [3.05, 3.63) is 59.4 Å². The van der Waals surface area contributed by atoms with Crippen molar-refractivity contribution in [2.24, 2.45) is 0 Å². The summed E-state index contributed by atoms with van der Waals surface area (Å²) < 4.78 is 27.2. The van der Waals surface area contributed by atoms with E-state index >= 15 is 0 Å². The molecule has 0 radical (unpaired) electrons. The van der Waals surface area contributed by atoms with Crippen LogP contribution in [0.5, 0.6) is 0 Å². The Morgan fingerprint density at radius 3 is 2.45 bits per heavy atom. The van der Waals surface area contributed by atoms with Gasteiger partial charge >= 0.3 is 0 Å². The Balaban J connectivity index is 2.50. The lowest BCUT2D eigenvalue weighted by Gasteiger charge is -2.17. The van der Waals surface area contributed by atoms with Crippen molar-refractivity contribution in [3.8, 4) is 0 Å². The third-order valence-corrected chi connectivity index (χ3v) is 3.61. The number of ether oxygens (including phenoxy) is 1. The van der Waals surface area contributed by atoms with E-state index in [1.165, 1.54) is 13.2 Å². The molecule has 1 aliphatic rings. The van der Waals surface area contributed by atoms with Crippen LogP contribution in [0.15, 0.2) is 53.8 Å². The van der Waals surface area contributed by atoms with E-state index in [9.17, 15) is 18.3 Å². The third kappa shape index (κ3) is 2.71. The van der Waals surface area contributed by atoms with Crippen molar-refractivity contribution < 1.29 is 23.1 Å². The van der Waals surface area contributed by atoms with Gasteiger partial charge in [-0.05, 0) is 12.2 Å². The summed E-state index contributed by atoms with van der Waals surface area (Å²) >= 11 is 0. The fourth-order valence-electron chi connectivity index (χ4n) is 1.87. The van der Waals surface area contributed by atoms with Crippen LogP contribution in [0, 0.1) is 0 Å². The predicted octanol–water partition coefficient (Wildman–Crippen LogP) is 1.32. The molecule has 104 valence electrons. The molecule has 0 aliphatic heterocycles. The van der Waals surface area contributed by atoms with Gasteiger partial charge in [0.1, 0.15) is 16.7 Å². The fraction of sp³-hybridized carbons (Fsp3) is 0.143. The number of hydrogen-bond donors (Lipinski definition) is 1. The van der Waals surface area contributed by atoms with E-state index in [4.69, 9.17) is 4.74 Å². The normalized spacial score (nSPS) is 18.2. The smallest absolute Gasteiger partial charge is 0.220 e. The lowest BCUT2D eigenvalue weighted by molar-refractivity contribution is 0.102. The lowest BCUT2D eigenvalue weighted by atomic mass is 9.95. The van der Waals surface area contributed by atoms with Gasteiger partial charge < -0.3 is 9.84 Å². The molecule has 0 heterocycles. The highest BCUT2D eigenvalue weighted by Crippen LogP contribution is 2.21. The minimum atomic E-state index is -2.53. The molecule has 6 heteroatoms. The average molecular weight is 292 g/mol. The molecule has 0 saturated carbocycles. The Bertz CT molecular complexity index is 718. The van der Waals surface area contributed by atoms with E-state index < -0.39 is 22.2 Å². The van der Waals surface area contributed by atoms with Gasteiger partial charge in [-0.1, -0.05) is 30.3 Å². The van der Waals surface area contributed by atoms with Gasteiger partial charge in [0.25, 0.3) is 0 Å². The highest BCUT2D eigenvalue weighted by Gasteiger charge is 2.26. The number of aliphatic hydroxyl groups is 1. The zero-order chi connectivity index (χ0) is 14.7. The number of benzene rings is 1. The first kappa shape index (κ1) is 14.2. The van der Waals surface area contributed by atoms with Crippen LogP contribution >= 0.6 is 0 Å². The molecule has 2 rings (SSSR count). The number of hydrogen-bond acceptors (Lipinski definition) is 5.